The van der Waals surface area contributed by atoms with Gasteiger partial charge in [0, 0.05) is 0 Å². The second kappa shape index (κ2) is 14.0. The monoisotopic (exact) mass is 281 g/mol. The SMILES string of the molecule is [CH2]CCC(C)C(C)C(C)CCCCCCCCCCC. The first kappa shape index (κ1) is 20.0. The summed E-state index contributed by atoms with van der Waals surface area (Å²) in [5.41, 5.74) is 0. The first-order valence-corrected chi connectivity index (χ1v) is 9.42. The van der Waals surface area contributed by atoms with E-state index in [2.05, 4.69) is 34.6 Å². The van der Waals surface area contributed by atoms with Crippen molar-refractivity contribution >= 4 is 0 Å². The van der Waals surface area contributed by atoms with Crippen molar-refractivity contribution in [2.45, 2.75) is 105 Å². The molecule has 0 heterocycles. The Hall–Kier alpha value is 0. The highest BCUT2D eigenvalue weighted by atomic mass is 14.2. The van der Waals surface area contributed by atoms with Gasteiger partial charge < -0.3 is 0 Å². The molecule has 0 saturated carbocycles. The maximum Gasteiger partial charge on any atom is -0.0391 e. The van der Waals surface area contributed by atoms with Gasteiger partial charge in [0.05, 0.1) is 0 Å². The lowest BCUT2D eigenvalue weighted by molar-refractivity contribution is 0.250. The molecule has 0 N–H and O–H groups in total. The first-order chi connectivity index (χ1) is 9.63. The van der Waals surface area contributed by atoms with E-state index in [0.717, 1.165) is 24.2 Å². The van der Waals surface area contributed by atoms with Crippen LogP contribution in [0, 0.1) is 24.7 Å². The van der Waals surface area contributed by atoms with Crippen LogP contribution in [0.4, 0.5) is 0 Å². The van der Waals surface area contributed by atoms with Gasteiger partial charge in [-0.05, 0) is 17.8 Å². The molecule has 0 bridgehead atoms. The van der Waals surface area contributed by atoms with Crippen LogP contribution in [0.1, 0.15) is 105 Å². The van der Waals surface area contributed by atoms with Crippen molar-refractivity contribution in [1.29, 1.82) is 0 Å². The molecule has 0 nitrogen and oxygen atoms in total. The maximum atomic E-state index is 3.99. The zero-order chi connectivity index (χ0) is 15.2. The van der Waals surface area contributed by atoms with E-state index < -0.39 is 0 Å². The summed E-state index contributed by atoms with van der Waals surface area (Å²) in [5.74, 6) is 2.60. The summed E-state index contributed by atoms with van der Waals surface area (Å²) in [5, 5.41) is 0. The Morgan fingerprint density at radius 1 is 0.650 bits per heavy atom. The number of unbranched alkanes of at least 4 members (excludes halogenated alkanes) is 8. The Bertz CT molecular complexity index is 184. The van der Waals surface area contributed by atoms with Crippen molar-refractivity contribution in [3.05, 3.63) is 6.92 Å². The highest BCUT2D eigenvalue weighted by Gasteiger charge is 2.17. The van der Waals surface area contributed by atoms with E-state index >= 15 is 0 Å². The van der Waals surface area contributed by atoms with Gasteiger partial charge >= 0.3 is 0 Å². The van der Waals surface area contributed by atoms with Crippen molar-refractivity contribution in [3.63, 3.8) is 0 Å². The predicted octanol–water partition coefficient (Wildman–Crippen LogP) is 7.43. The standard InChI is InChI=1S/C20H41/c1-6-8-9-10-11-12-13-14-15-17-19(4)20(5)18(3)16-7-2/h18-20H,2,6-17H2,1,3-5H3. The van der Waals surface area contributed by atoms with Crippen molar-refractivity contribution in [1.82, 2.24) is 0 Å². The fourth-order valence-electron chi connectivity index (χ4n) is 3.19. The van der Waals surface area contributed by atoms with Crippen LogP contribution in [-0.4, -0.2) is 0 Å². The molecular formula is C20H41. The minimum atomic E-state index is 0.848. The zero-order valence-corrected chi connectivity index (χ0v) is 14.9. The summed E-state index contributed by atoms with van der Waals surface area (Å²) < 4.78 is 0. The van der Waals surface area contributed by atoms with Gasteiger partial charge in [-0.15, -0.1) is 0 Å². The Labute approximate surface area is 130 Å². The number of rotatable bonds is 14. The Kier molecular flexibility index (Phi) is 14.0. The summed E-state index contributed by atoms with van der Waals surface area (Å²) in [6, 6.07) is 0. The minimum Gasteiger partial charge on any atom is -0.0654 e. The summed E-state index contributed by atoms with van der Waals surface area (Å²) in [4.78, 5) is 0. The fraction of sp³-hybridized carbons (Fsp3) is 0.950. The largest absolute Gasteiger partial charge is 0.0654 e. The van der Waals surface area contributed by atoms with Gasteiger partial charge in [0.15, 0.2) is 0 Å². The lowest BCUT2D eigenvalue weighted by Gasteiger charge is -2.26. The Balaban J connectivity index is 3.40. The average Bonchev–Trinajstić information content (AvgIpc) is 2.44. The number of hydrogen-bond acceptors (Lipinski definition) is 0. The van der Waals surface area contributed by atoms with Crippen LogP contribution < -0.4 is 0 Å². The summed E-state index contributed by atoms with van der Waals surface area (Å²) >= 11 is 0. The van der Waals surface area contributed by atoms with Gasteiger partial charge in [-0.1, -0.05) is 112 Å². The molecule has 0 aliphatic carbocycles. The molecule has 0 aromatic heterocycles. The highest BCUT2D eigenvalue weighted by Crippen LogP contribution is 2.28. The van der Waals surface area contributed by atoms with Gasteiger partial charge in [-0.2, -0.15) is 0 Å². The van der Waals surface area contributed by atoms with Gasteiger partial charge in [-0.3, -0.25) is 0 Å². The molecule has 1 radical (unpaired) electrons. The molecule has 0 amide bonds. The molecule has 3 atom stereocenters. The molecule has 0 heteroatoms. The van der Waals surface area contributed by atoms with Crippen LogP contribution in [0.15, 0.2) is 0 Å². The molecular weight excluding hydrogens is 240 g/mol. The van der Waals surface area contributed by atoms with E-state index in [9.17, 15) is 0 Å². The van der Waals surface area contributed by atoms with Crippen LogP contribution in [0.3, 0.4) is 0 Å². The molecule has 0 spiro atoms. The van der Waals surface area contributed by atoms with Crippen LogP contribution in [0.25, 0.3) is 0 Å². The Morgan fingerprint density at radius 2 is 1.10 bits per heavy atom. The van der Waals surface area contributed by atoms with Crippen LogP contribution in [0.2, 0.25) is 0 Å². The molecule has 0 fully saturated rings. The minimum absolute atomic E-state index is 0.848. The molecule has 0 rings (SSSR count). The maximum absolute atomic E-state index is 3.99. The van der Waals surface area contributed by atoms with E-state index in [4.69, 9.17) is 0 Å². The van der Waals surface area contributed by atoms with Crippen molar-refractivity contribution in [3.8, 4) is 0 Å². The lowest BCUT2D eigenvalue weighted by atomic mass is 9.80. The third-order valence-corrected chi connectivity index (χ3v) is 5.22. The summed E-state index contributed by atoms with van der Waals surface area (Å²) in [6.45, 7) is 13.6. The van der Waals surface area contributed by atoms with Gasteiger partial charge in [0.2, 0.25) is 0 Å². The van der Waals surface area contributed by atoms with Gasteiger partial charge in [-0.25, -0.2) is 0 Å². The first-order valence-electron chi connectivity index (χ1n) is 9.42. The zero-order valence-electron chi connectivity index (χ0n) is 14.9. The lowest BCUT2D eigenvalue weighted by Crippen LogP contribution is -2.16. The molecule has 0 aromatic rings. The normalized spacial score (nSPS) is 16.1. The van der Waals surface area contributed by atoms with Crippen LogP contribution >= 0.6 is 0 Å². The Morgan fingerprint density at radius 3 is 1.60 bits per heavy atom. The van der Waals surface area contributed by atoms with E-state index in [1.165, 1.54) is 70.6 Å². The van der Waals surface area contributed by atoms with Gasteiger partial charge in [0.25, 0.3) is 0 Å². The van der Waals surface area contributed by atoms with Crippen LogP contribution in [-0.2, 0) is 0 Å². The summed E-state index contributed by atoms with van der Waals surface area (Å²) in [6.07, 6.45) is 16.8. The second-order valence-electron chi connectivity index (χ2n) is 7.07. The third kappa shape index (κ3) is 10.7. The third-order valence-electron chi connectivity index (χ3n) is 5.22. The average molecular weight is 282 g/mol. The van der Waals surface area contributed by atoms with E-state index in [0.29, 0.717) is 0 Å². The molecule has 20 heavy (non-hydrogen) atoms. The van der Waals surface area contributed by atoms with Crippen molar-refractivity contribution < 1.29 is 0 Å². The molecule has 0 aliphatic rings. The van der Waals surface area contributed by atoms with Gasteiger partial charge in [0.1, 0.15) is 0 Å². The molecule has 3 unspecified atom stereocenters. The number of hydrogen-bond donors (Lipinski definition) is 0. The van der Waals surface area contributed by atoms with Crippen LogP contribution in [0.5, 0.6) is 0 Å². The molecule has 121 valence electrons. The van der Waals surface area contributed by atoms with E-state index in [-0.39, 0.29) is 0 Å². The van der Waals surface area contributed by atoms with E-state index in [1.54, 1.807) is 0 Å². The highest BCUT2D eigenvalue weighted by molar-refractivity contribution is 4.69. The molecule has 0 saturated heterocycles. The molecule has 0 aromatic carbocycles. The fourth-order valence-corrected chi connectivity index (χ4v) is 3.19. The van der Waals surface area contributed by atoms with Crippen molar-refractivity contribution in [2.75, 3.05) is 0 Å². The quantitative estimate of drug-likeness (QED) is 0.290. The van der Waals surface area contributed by atoms with Crippen molar-refractivity contribution in [2.24, 2.45) is 17.8 Å². The topological polar surface area (TPSA) is 0 Å². The summed E-state index contributed by atoms with van der Waals surface area (Å²) in [7, 11) is 0. The second-order valence-corrected chi connectivity index (χ2v) is 7.07. The predicted molar refractivity (Wildman–Crippen MR) is 93.9 cm³/mol. The van der Waals surface area contributed by atoms with E-state index in [1.807, 2.05) is 0 Å². The smallest absolute Gasteiger partial charge is 0.0391 e. The molecule has 0 aliphatic heterocycles.